The first kappa shape index (κ1) is 11.0. The molecule has 82 valence electrons. The van der Waals surface area contributed by atoms with Gasteiger partial charge in [0.2, 0.25) is 0 Å². The molecule has 1 aliphatic carbocycles. The summed E-state index contributed by atoms with van der Waals surface area (Å²) in [4.78, 5) is 0. The number of benzene rings is 1. The third-order valence-electron chi connectivity index (χ3n) is 2.61. The van der Waals surface area contributed by atoms with Crippen LogP contribution in [0.5, 0.6) is 0 Å². The highest BCUT2D eigenvalue weighted by Gasteiger charge is 2.26. The van der Waals surface area contributed by atoms with Gasteiger partial charge in [-0.1, -0.05) is 15.9 Å². The van der Waals surface area contributed by atoms with Crippen molar-refractivity contribution in [3.63, 3.8) is 0 Å². The maximum atomic E-state index is 13.3. The van der Waals surface area contributed by atoms with Crippen LogP contribution in [-0.2, 0) is 11.3 Å². The highest BCUT2D eigenvalue weighted by atomic mass is 79.9. The topological polar surface area (TPSA) is 35.2 Å². The molecule has 0 bridgehead atoms. The van der Waals surface area contributed by atoms with Gasteiger partial charge in [0.25, 0.3) is 0 Å². The Kier molecular flexibility index (Phi) is 3.38. The highest BCUT2D eigenvalue weighted by molar-refractivity contribution is 9.10. The van der Waals surface area contributed by atoms with Crippen LogP contribution in [0.4, 0.5) is 4.39 Å². The normalized spacial score (nSPS) is 25.0. The van der Waals surface area contributed by atoms with Crippen molar-refractivity contribution in [2.45, 2.75) is 31.6 Å². The van der Waals surface area contributed by atoms with Crippen LogP contribution in [0.2, 0.25) is 0 Å². The van der Waals surface area contributed by atoms with Crippen LogP contribution in [0, 0.1) is 5.82 Å². The first-order valence-electron chi connectivity index (χ1n) is 4.96. The molecule has 0 amide bonds. The SMILES string of the molecule is NC1CC(OCc2cc(Br)ccc2F)C1. The molecule has 2 rings (SSSR count). The number of nitrogens with two attached hydrogens (primary N) is 1. The minimum Gasteiger partial charge on any atom is -0.373 e. The number of halogens is 2. The van der Waals surface area contributed by atoms with Crippen molar-refractivity contribution >= 4 is 15.9 Å². The van der Waals surface area contributed by atoms with E-state index in [2.05, 4.69) is 15.9 Å². The smallest absolute Gasteiger partial charge is 0.128 e. The Bertz CT molecular complexity index is 352. The second kappa shape index (κ2) is 4.60. The molecular weight excluding hydrogens is 261 g/mol. The van der Waals surface area contributed by atoms with Crippen LogP contribution in [0.15, 0.2) is 22.7 Å². The zero-order valence-corrected chi connectivity index (χ0v) is 9.84. The average molecular weight is 274 g/mol. The third kappa shape index (κ3) is 2.77. The molecule has 0 atom stereocenters. The van der Waals surface area contributed by atoms with E-state index in [1.54, 1.807) is 12.1 Å². The Morgan fingerprint density at radius 3 is 2.87 bits per heavy atom. The van der Waals surface area contributed by atoms with Gasteiger partial charge in [-0.25, -0.2) is 4.39 Å². The average Bonchev–Trinajstić information content (AvgIpc) is 2.16. The van der Waals surface area contributed by atoms with Gasteiger partial charge in [-0.3, -0.25) is 0 Å². The fourth-order valence-electron chi connectivity index (χ4n) is 1.60. The number of hydrogen-bond donors (Lipinski definition) is 1. The minimum atomic E-state index is -0.221. The van der Waals surface area contributed by atoms with E-state index in [1.165, 1.54) is 6.07 Å². The Morgan fingerprint density at radius 1 is 1.47 bits per heavy atom. The molecule has 0 aromatic heterocycles. The quantitative estimate of drug-likeness (QED) is 0.919. The zero-order valence-electron chi connectivity index (χ0n) is 8.25. The van der Waals surface area contributed by atoms with E-state index < -0.39 is 0 Å². The van der Waals surface area contributed by atoms with E-state index in [-0.39, 0.29) is 18.0 Å². The number of ether oxygens (including phenoxy) is 1. The molecule has 0 radical (unpaired) electrons. The monoisotopic (exact) mass is 273 g/mol. The summed E-state index contributed by atoms with van der Waals surface area (Å²) in [5.41, 5.74) is 6.22. The molecule has 0 unspecified atom stereocenters. The van der Waals surface area contributed by atoms with Crippen molar-refractivity contribution in [3.8, 4) is 0 Å². The van der Waals surface area contributed by atoms with Gasteiger partial charge in [0.05, 0.1) is 12.7 Å². The lowest BCUT2D eigenvalue weighted by Gasteiger charge is -2.32. The van der Waals surface area contributed by atoms with E-state index in [9.17, 15) is 4.39 Å². The van der Waals surface area contributed by atoms with Crippen molar-refractivity contribution in [3.05, 3.63) is 34.1 Å². The summed E-state index contributed by atoms with van der Waals surface area (Å²) in [6.07, 6.45) is 1.98. The second-order valence-electron chi connectivity index (χ2n) is 3.90. The molecule has 1 aliphatic rings. The van der Waals surface area contributed by atoms with Gasteiger partial charge in [0.15, 0.2) is 0 Å². The molecule has 4 heteroatoms. The van der Waals surface area contributed by atoms with Gasteiger partial charge >= 0.3 is 0 Å². The van der Waals surface area contributed by atoms with Crippen LogP contribution in [-0.4, -0.2) is 12.1 Å². The van der Waals surface area contributed by atoms with Crippen LogP contribution in [0.25, 0.3) is 0 Å². The summed E-state index contributed by atoms with van der Waals surface area (Å²) in [6.45, 7) is 0.322. The van der Waals surface area contributed by atoms with E-state index in [1.807, 2.05) is 0 Å². The largest absolute Gasteiger partial charge is 0.373 e. The summed E-state index contributed by atoms with van der Waals surface area (Å²) < 4.78 is 19.7. The molecule has 0 aliphatic heterocycles. The van der Waals surface area contributed by atoms with Crippen LogP contribution in [0.3, 0.4) is 0 Å². The van der Waals surface area contributed by atoms with Gasteiger partial charge in [-0.2, -0.15) is 0 Å². The lowest BCUT2D eigenvalue weighted by molar-refractivity contribution is -0.0198. The molecule has 1 saturated carbocycles. The number of rotatable bonds is 3. The zero-order chi connectivity index (χ0) is 10.8. The van der Waals surface area contributed by atoms with Gasteiger partial charge in [0, 0.05) is 16.1 Å². The van der Waals surface area contributed by atoms with E-state index in [0.717, 1.165) is 17.3 Å². The van der Waals surface area contributed by atoms with Crippen molar-refractivity contribution in [2.24, 2.45) is 5.73 Å². The minimum absolute atomic E-state index is 0.207. The molecule has 1 aromatic rings. The summed E-state index contributed by atoms with van der Waals surface area (Å²) in [5.74, 6) is -0.221. The Labute approximate surface area is 96.7 Å². The first-order chi connectivity index (χ1) is 7.15. The Balaban J connectivity index is 1.90. The van der Waals surface area contributed by atoms with Crippen LogP contribution >= 0.6 is 15.9 Å². The molecule has 1 aromatic carbocycles. The molecule has 0 heterocycles. The molecule has 1 fully saturated rings. The van der Waals surface area contributed by atoms with E-state index in [4.69, 9.17) is 10.5 Å². The van der Waals surface area contributed by atoms with Crippen LogP contribution in [0.1, 0.15) is 18.4 Å². The van der Waals surface area contributed by atoms with Crippen molar-refractivity contribution in [1.29, 1.82) is 0 Å². The molecule has 15 heavy (non-hydrogen) atoms. The lowest BCUT2D eigenvalue weighted by atomic mass is 9.90. The number of hydrogen-bond acceptors (Lipinski definition) is 2. The fourth-order valence-corrected chi connectivity index (χ4v) is 2.01. The fraction of sp³-hybridized carbons (Fsp3) is 0.455. The summed E-state index contributed by atoms with van der Waals surface area (Å²) in [6, 6.07) is 5.13. The predicted octanol–water partition coefficient (Wildman–Crippen LogP) is 2.59. The lowest BCUT2D eigenvalue weighted by Crippen LogP contribution is -2.41. The highest BCUT2D eigenvalue weighted by Crippen LogP contribution is 2.24. The molecular formula is C11H13BrFNO. The third-order valence-corrected chi connectivity index (χ3v) is 3.11. The second-order valence-corrected chi connectivity index (χ2v) is 4.82. The molecule has 0 spiro atoms. The molecule has 0 saturated heterocycles. The van der Waals surface area contributed by atoms with Gasteiger partial charge in [-0.05, 0) is 31.0 Å². The van der Waals surface area contributed by atoms with Gasteiger partial charge in [-0.15, -0.1) is 0 Å². The standard InChI is InChI=1S/C11H13BrFNO/c12-8-1-2-11(13)7(3-8)6-15-10-4-9(14)5-10/h1-3,9-10H,4-6,14H2. The summed E-state index contributed by atoms with van der Waals surface area (Å²) in [7, 11) is 0. The first-order valence-corrected chi connectivity index (χ1v) is 5.75. The maximum Gasteiger partial charge on any atom is 0.128 e. The van der Waals surface area contributed by atoms with Gasteiger partial charge in [0.1, 0.15) is 5.82 Å². The Hall–Kier alpha value is -0.450. The van der Waals surface area contributed by atoms with Crippen molar-refractivity contribution in [1.82, 2.24) is 0 Å². The van der Waals surface area contributed by atoms with Gasteiger partial charge < -0.3 is 10.5 Å². The maximum absolute atomic E-state index is 13.3. The van der Waals surface area contributed by atoms with Crippen molar-refractivity contribution in [2.75, 3.05) is 0 Å². The van der Waals surface area contributed by atoms with Crippen LogP contribution < -0.4 is 5.73 Å². The summed E-state index contributed by atoms with van der Waals surface area (Å²) in [5, 5.41) is 0. The summed E-state index contributed by atoms with van der Waals surface area (Å²) >= 11 is 3.30. The van der Waals surface area contributed by atoms with E-state index >= 15 is 0 Å². The molecule has 2 N–H and O–H groups in total. The Morgan fingerprint density at radius 2 is 2.20 bits per heavy atom. The van der Waals surface area contributed by atoms with Crippen molar-refractivity contribution < 1.29 is 9.13 Å². The predicted molar refractivity (Wildman–Crippen MR) is 59.9 cm³/mol. The van der Waals surface area contributed by atoms with E-state index in [0.29, 0.717) is 12.2 Å². The molecule has 2 nitrogen and oxygen atoms in total.